The van der Waals surface area contributed by atoms with Crippen molar-refractivity contribution in [2.45, 2.75) is 18.9 Å². The fourth-order valence-electron chi connectivity index (χ4n) is 5.18. The number of anilines is 2. The van der Waals surface area contributed by atoms with Gasteiger partial charge in [-0.25, -0.2) is 23.7 Å². The zero-order valence-corrected chi connectivity index (χ0v) is 21.1. The summed E-state index contributed by atoms with van der Waals surface area (Å²) in [5.74, 6) is 0.246. The molecule has 0 saturated carbocycles. The predicted octanol–water partition coefficient (Wildman–Crippen LogP) is 5.34. The Morgan fingerprint density at radius 2 is 1.49 bits per heavy atom. The van der Waals surface area contributed by atoms with Crippen LogP contribution < -0.4 is 9.80 Å². The molecular weight excluding hydrogens is 496 g/mol. The third-order valence-electron chi connectivity index (χ3n) is 7.25. The molecule has 7 nitrogen and oxygen atoms in total. The van der Waals surface area contributed by atoms with Crippen molar-refractivity contribution in [3.63, 3.8) is 0 Å². The standard InChI is InChI=1S/C30H25F2N7/c31-24-4-1-5-25(32)28(24)27-11-10-26(37-27)21-8-6-20(7-9-21)23-18-35-30(36-19-23)39-15-13-38(14-16-39)29-22(17-33)3-2-12-34-29/h1-9,12,18-19,26H,10-11,13-16H2. The normalized spacial score (nSPS) is 17.2. The number of aromatic nitrogens is 3. The lowest BCUT2D eigenvalue weighted by molar-refractivity contribution is 0.578. The zero-order chi connectivity index (χ0) is 26.8. The molecule has 6 rings (SSSR count). The van der Waals surface area contributed by atoms with Gasteiger partial charge in [-0.05, 0) is 48.2 Å². The molecule has 0 spiro atoms. The van der Waals surface area contributed by atoms with Crippen LogP contribution in [-0.2, 0) is 0 Å². The van der Waals surface area contributed by atoms with Gasteiger partial charge in [0, 0.05) is 56.0 Å². The first-order valence-corrected chi connectivity index (χ1v) is 12.9. The minimum absolute atomic E-state index is 0.0149. The first kappa shape index (κ1) is 24.6. The first-order chi connectivity index (χ1) is 19.1. The Labute approximate surface area is 225 Å². The van der Waals surface area contributed by atoms with Crippen molar-refractivity contribution in [1.29, 1.82) is 5.26 Å². The van der Waals surface area contributed by atoms with Crippen molar-refractivity contribution < 1.29 is 8.78 Å². The number of piperazine rings is 1. The molecule has 9 heteroatoms. The molecular formula is C30H25F2N7. The van der Waals surface area contributed by atoms with Gasteiger partial charge in [0.1, 0.15) is 23.5 Å². The van der Waals surface area contributed by atoms with Crippen molar-refractivity contribution in [3.05, 3.63) is 102 Å². The van der Waals surface area contributed by atoms with E-state index in [4.69, 9.17) is 0 Å². The average Bonchev–Trinajstić information content (AvgIpc) is 3.47. The van der Waals surface area contributed by atoms with Crippen molar-refractivity contribution in [3.8, 4) is 17.2 Å². The second kappa shape index (κ2) is 10.6. The Morgan fingerprint density at radius 1 is 0.795 bits per heavy atom. The molecule has 2 aliphatic heterocycles. The van der Waals surface area contributed by atoms with E-state index in [-0.39, 0.29) is 11.6 Å². The van der Waals surface area contributed by atoms with Crippen LogP contribution >= 0.6 is 0 Å². The van der Waals surface area contributed by atoms with Gasteiger partial charge in [-0.1, -0.05) is 30.3 Å². The summed E-state index contributed by atoms with van der Waals surface area (Å²) in [7, 11) is 0. The van der Waals surface area contributed by atoms with E-state index < -0.39 is 11.6 Å². The lowest BCUT2D eigenvalue weighted by atomic mass is 10.0. The number of pyridine rings is 1. The van der Waals surface area contributed by atoms with Gasteiger partial charge in [-0.3, -0.25) is 4.99 Å². The molecule has 1 fully saturated rings. The molecule has 0 aliphatic carbocycles. The molecule has 194 valence electrons. The van der Waals surface area contributed by atoms with Crippen LogP contribution in [0.4, 0.5) is 20.5 Å². The molecule has 1 atom stereocenters. The molecule has 2 aromatic heterocycles. The van der Waals surface area contributed by atoms with Gasteiger partial charge in [-0.15, -0.1) is 0 Å². The Hall–Kier alpha value is -4.71. The molecule has 0 bridgehead atoms. The Morgan fingerprint density at radius 3 is 2.18 bits per heavy atom. The molecule has 1 saturated heterocycles. The third kappa shape index (κ3) is 4.93. The maximum atomic E-state index is 14.2. The van der Waals surface area contributed by atoms with E-state index in [2.05, 4.69) is 35.8 Å². The second-order valence-corrected chi connectivity index (χ2v) is 9.58. The van der Waals surface area contributed by atoms with Crippen LogP contribution in [0, 0.1) is 23.0 Å². The molecule has 4 heterocycles. The summed E-state index contributed by atoms with van der Waals surface area (Å²) in [5, 5.41) is 9.36. The number of hydrogen-bond donors (Lipinski definition) is 0. The maximum Gasteiger partial charge on any atom is 0.225 e. The predicted molar refractivity (Wildman–Crippen MR) is 146 cm³/mol. The molecule has 1 unspecified atom stereocenters. The zero-order valence-electron chi connectivity index (χ0n) is 21.1. The Kier molecular flexibility index (Phi) is 6.68. The average molecular weight is 522 g/mol. The molecule has 39 heavy (non-hydrogen) atoms. The summed E-state index contributed by atoms with van der Waals surface area (Å²) in [6, 6.07) is 17.6. The Balaban J connectivity index is 1.10. The third-order valence-corrected chi connectivity index (χ3v) is 7.25. The minimum Gasteiger partial charge on any atom is -0.352 e. The second-order valence-electron chi connectivity index (χ2n) is 9.58. The number of rotatable bonds is 5. The highest BCUT2D eigenvalue weighted by atomic mass is 19.1. The topological polar surface area (TPSA) is 81.3 Å². The molecule has 0 amide bonds. The summed E-state index contributed by atoms with van der Waals surface area (Å²) >= 11 is 0. The van der Waals surface area contributed by atoms with Crippen LogP contribution in [0.2, 0.25) is 0 Å². The lowest BCUT2D eigenvalue weighted by Crippen LogP contribution is -2.47. The summed E-state index contributed by atoms with van der Waals surface area (Å²) in [5.41, 5.74) is 3.94. The van der Waals surface area contributed by atoms with E-state index >= 15 is 0 Å². The number of nitrogens with zero attached hydrogens (tertiary/aromatic N) is 7. The Bertz CT molecular complexity index is 1530. The molecule has 0 radical (unpaired) electrons. The van der Waals surface area contributed by atoms with Crippen LogP contribution in [0.5, 0.6) is 0 Å². The van der Waals surface area contributed by atoms with Crippen LogP contribution in [0.15, 0.2) is 78.2 Å². The highest BCUT2D eigenvalue weighted by molar-refractivity contribution is 6.02. The SMILES string of the molecule is N#Cc1cccnc1N1CCN(c2ncc(-c3ccc(C4CCC(c5c(F)cccc5F)=N4)cc3)cn2)CC1. The maximum absolute atomic E-state index is 14.2. The van der Waals surface area contributed by atoms with Crippen molar-refractivity contribution in [2.24, 2.45) is 4.99 Å². The summed E-state index contributed by atoms with van der Waals surface area (Å²) in [6.07, 6.45) is 6.61. The highest BCUT2D eigenvalue weighted by Crippen LogP contribution is 2.33. The van der Waals surface area contributed by atoms with Crippen molar-refractivity contribution in [1.82, 2.24) is 15.0 Å². The van der Waals surface area contributed by atoms with Crippen LogP contribution in [-0.4, -0.2) is 46.8 Å². The molecule has 0 N–H and O–H groups in total. The smallest absolute Gasteiger partial charge is 0.225 e. The van der Waals surface area contributed by atoms with Gasteiger partial charge in [-0.2, -0.15) is 5.26 Å². The van der Waals surface area contributed by atoms with Crippen LogP contribution in [0.1, 0.15) is 35.6 Å². The van der Waals surface area contributed by atoms with E-state index in [1.165, 1.54) is 18.2 Å². The van der Waals surface area contributed by atoms with Gasteiger partial charge >= 0.3 is 0 Å². The van der Waals surface area contributed by atoms with Gasteiger partial charge < -0.3 is 9.80 Å². The quantitative estimate of drug-likeness (QED) is 0.353. The van der Waals surface area contributed by atoms with Crippen LogP contribution in [0.3, 0.4) is 0 Å². The fraction of sp³-hybridized carbons (Fsp3) is 0.233. The summed E-state index contributed by atoms with van der Waals surface area (Å²) in [6.45, 7) is 2.92. The highest BCUT2D eigenvalue weighted by Gasteiger charge is 2.25. The minimum atomic E-state index is -0.573. The molecule has 2 aromatic carbocycles. The van der Waals surface area contributed by atoms with Gasteiger partial charge in [0.2, 0.25) is 5.95 Å². The largest absolute Gasteiger partial charge is 0.352 e. The number of benzene rings is 2. The van der Waals surface area contributed by atoms with Crippen molar-refractivity contribution >= 4 is 17.5 Å². The van der Waals surface area contributed by atoms with Gasteiger partial charge in [0.15, 0.2) is 0 Å². The lowest BCUT2D eigenvalue weighted by Gasteiger charge is -2.35. The van der Waals surface area contributed by atoms with Crippen LogP contribution in [0.25, 0.3) is 11.1 Å². The van der Waals surface area contributed by atoms with Crippen molar-refractivity contribution in [2.75, 3.05) is 36.0 Å². The summed E-state index contributed by atoms with van der Waals surface area (Å²) in [4.78, 5) is 22.5. The number of hydrogen-bond acceptors (Lipinski definition) is 7. The molecule has 2 aliphatic rings. The van der Waals surface area contributed by atoms with Gasteiger partial charge in [0.05, 0.1) is 17.2 Å². The number of halogens is 2. The fourth-order valence-corrected chi connectivity index (χ4v) is 5.18. The monoisotopic (exact) mass is 521 g/mol. The van der Waals surface area contributed by atoms with E-state index in [0.717, 1.165) is 48.7 Å². The van der Waals surface area contributed by atoms with E-state index in [1.54, 1.807) is 18.3 Å². The first-order valence-electron chi connectivity index (χ1n) is 12.9. The van der Waals surface area contributed by atoms with E-state index in [1.807, 2.05) is 36.7 Å². The van der Waals surface area contributed by atoms with Gasteiger partial charge in [0.25, 0.3) is 0 Å². The summed E-state index contributed by atoms with van der Waals surface area (Å²) < 4.78 is 28.4. The number of nitriles is 1. The van der Waals surface area contributed by atoms with E-state index in [0.29, 0.717) is 30.1 Å². The van der Waals surface area contributed by atoms with E-state index in [9.17, 15) is 14.0 Å². The molecule has 4 aromatic rings. The number of aliphatic imine (C=N–C) groups is 1.